The van der Waals surface area contributed by atoms with Crippen LogP contribution >= 0.6 is 12.2 Å². The standard InChI is InChI=1S/C35H29N3OS/c40-34(36-27-14-6-2-7-15-27)33-32(26-19-21-29(22-20-26)39-28-16-8-3-9-17-28)30-18-10-11-23-37-31(24-38(33)35(30)37)25-12-4-1-5-13-25/h1-9,12-17,19-22,24H,10-11,18,23H2,(H,36,40). The Morgan fingerprint density at radius 2 is 1.35 bits per heavy atom. The fourth-order valence-corrected chi connectivity index (χ4v) is 6.10. The highest BCUT2D eigenvalue weighted by Gasteiger charge is 2.28. The van der Waals surface area contributed by atoms with Crippen molar-refractivity contribution in [2.45, 2.75) is 25.8 Å². The van der Waals surface area contributed by atoms with Crippen LogP contribution in [-0.4, -0.2) is 14.0 Å². The Morgan fingerprint density at radius 1 is 0.700 bits per heavy atom. The molecule has 1 N–H and O–H groups in total. The monoisotopic (exact) mass is 539 g/mol. The number of nitrogens with zero attached hydrogens (tertiary/aromatic N) is 2. The number of ether oxygens (including phenoxy) is 1. The summed E-state index contributed by atoms with van der Waals surface area (Å²) in [4.78, 5) is 0.712. The summed E-state index contributed by atoms with van der Waals surface area (Å²) in [6, 6.07) is 39.2. The van der Waals surface area contributed by atoms with Gasteiger partial charge in [0, 0.05) is 29.6 Å². The average molecular weight is 540 g/mol. The number of aryl methyl sites for hydroxylation is 2. The van der Waals surface area contributed by atoms with Crippen LogP contribution in [0.1, 0.15) is 24.1 Å². The number of imidazole rings is 1. The van der Waals surface area contributed by atoms with Crippen molar-refractivity contribution >= 4 is 28.5 Å². The van der Waals surface area contributed by atoms with E-state index >= 15 is 0 Å². The van der Waals surface area contributed by atoms with Gasteiger partial charge < -0.3 is 14.6 Å². The van der Waals surface area contributed by atoms with Crippen molar-refractivity contribution in [2.75, 3.05) is 5.32 Å². The van der Waals surface area contributed by atoms with E-state index < -0.39 is 0 Å². The third-order valence-electron chi connectivity index (χ3n) is 7.57. The van der Waals surface area contributed by atoms with Gasteiger partial charge in [0.2, 0.25) is 0 Å². The van der Waals surface area contributed by atoms with Crippen molar-refractivity contribution in [2.24, 2.45) is 0 Å². The number of benzene rings is 4. The first kappa shape index (κ1) is 24.4. The van der Waals surface area contributed by atoms with Gasteiger partial charge in [-0.05, 0) is 66.8 Å². The zero-order valence-corrected chi connectivity index (χ0v) is 22.9. The fraction of sp³-hybridized carbons (Fsp3) is 0.114. The molecule has 196 valence electrons. The van der Waals surface area contributed by atoms with Crippen molar-refractivity contribution in [3.05, 3.63) is 133 Å². The van der Waals surface area contributed by atoms with Gasteiger partial charge in [0.05, 0.1) is 11.4 Å². The lowest BCUT2D eigenvalue weighted by atomic mass is 9.97. The van der Waals surface area contributed by atoms with Gasteiger partial charge in [0.25, 0.3) is 0 Å². The molecule has 1 aliphatic heterocycles. The lowest BCUT2D eigenvalue weighted by molar-refractivity contribution is 0.483. The average Bonchev–Trinajstić information content (AvgIpc) is 3.42. The van der Waals surface area contributed by atoms with E-state index in [-0.39, 0.29) is 0 Å². The summed E-state index contributed by atoms with van der Waals surface area (Å²) in [6.45, 7) is 0.985. The Hall–Kier alpha value is -4.61. The summed E-state index contributed by atoms with van der Waals surface area (Å²) in [5.41, 5.74) is 9.38. The lowest BCUT2D eigenvalue weighted by Gasteiger charge is -2.13. The number of aromatic nitrogens is 2. The molecule has 7 rings (SSSR count). The molecule has 0 aliphatic carbocycles. The smallest absolute Gasteiger partial charge is 0.128 e. The zero-order chi connectivity index (χ0) is 26.9. The van der Waals surface area contributed by atoms with Crippen LogP contribution in [0.2, 0.25) is 0 Å². The number of nitrogens with one attached hydrogen (secondary N) is 1. The van der Waals surface area contributed by atoms with E-state index in [4.69, 9.17) is 17.0 Å². The van der Waals surface area contributed by atoms with Crippen LogP contribution in [-0.2, 0) is 13.0 Å². The van der Waals surface area contributed by atoms with E-state index in [1.807, 2.05) is 48.5 Å². The number of hydrogen-bond donors (Lipinski definition) is 1. The summed E-state index contributed by atoms with van der Waals surface area (Å²) in [5, 5.41) is 3.52. The van der Waals surface area contributed by atoms with Crippen LogP contribution in [0.5, 0.6) is 11.5 Å². The summed E-state index contributed by atoms with van der Waals surface area (Å²) in [5.74, 6) is 1.64. The molecule has 0 saturated heterocycles. The third kappa shape index (κ3) is 4.48. The zero-order valence-electron chi connectivity index (χ0n) is 22.1. The molecule has 4 aromatic carbocycles. The molecule has 0 unspecified atom stereocenters. The third-order valence-corrected chi connectivity index (χ3v) is 7.87. The Bertz CT molecular complexity index is 1790. The maximum atomic E-state index is 6.15. The first-order valence-electron chi connectivity index (χ1n) is 13.8. The molecule has 0 fully saturated rings. The molecule has 6 aromatic rings. The van der Waals surface area contributed by atoms with Crippen molar-refractivity contribution in [3.63, 3.8) is 0 Å². The molecular weight excluding hydrogens is 510 g/mol. The predicted molar refractivity (Wildman–Crippen MR) is 167 cm³/mol. The van der Waals surface area contributed by atoms with Gasteiger partial charge in [-0.2, -0.15) is 0 Å². The molecule has 4 nitrogen and oxygen atoms in total. The summed E-state index contributed by atoms with van der Waals surface area (Å²) >= 11 is 6.15. The number of rotatable bonds is 6. The molecule has 0 spiro atoms. The summed E-state index contributed by atoms with van der Waals surface area (Å²) in [7, 11) is 0. The van der Waals surface area contributed by atoms with Crippen molar-refractivity contribution in [3.8, 4) is 33.9 Å². The Labute approximate surface area is 239 Å². The van der Waals surface area contributed by atoms with Gasteiger partial charge in [-0.25, -0.2) is 0 Å². The minimum atomic E-state index is 0.712. The molecule has 40 heavy (non-hydrogen) atoms. The highest BCUT2D eigenvalue weighted by atomic mass is 32.1. The first-order valence-corrected chi connectivity index (χ1v) is 14.2. The quantitative estimate of drug-likeness (QED) is 0.214. The maximum absolute atomic E-state index is 6.15. The summed E-state index contributed by atoms with van der Waals surface area (Å²) in [6.07, 6.45) is 5.55. The van der Waals surface area contributed by atoms with E-state index in [0.717, 1.165) is 54.3 Å². The second kappa shape index (κ2) is 10.5. The SMILES string of the molecule is S=C(Nc1ccccc1)c1c(-c2ccc(Oc3ccccc3)cc2)c2c3n(c(-c4ccccc4)cn13)CCCC2. The molecular formula is C35H29N3OS. The molecule has 1 aliphatic rings. The van der Waals surface area contributed by atoms with Crippen LogP contribution < -0.4 is 10.1 Å². The number of thiocarbonyl (C=S) groups is 1. The highest BCUT2D eigenvalue weighted by Crippen LogP contribution is 2.40. The predicted octanol–water partition coefficient (Wildman–Crippen LogP) is 8.99. The highest BCUT2D eigenvalue weighted by molar-refractivity contribution is 7.81. The molecule has 2 aromatic heterocycles. The fourth-order valence-electron chi connectivity index (χ4n) is 5.79. The van der Waals surface area contributed by atoms with Crippen LogP contribution in [0.15, 0.2) is 121 Å². The maximum Gasteiger partial charge on any atom is 0.128 e. The lowest BCUT2D eigenvalue weighted by Crippen LogP contribution is -2.14. The Balaban J connectivity index is 1.39. The van der Waals surface area contributed by atoms with E-state index in [9.17, 15) is 0 Å². The summed E-state index contributed by atoms with van der Waals surface area (Å²) < 4.78 is 10.9. The van der Waals surface area contributed by atoms with E-state index in [2.05, 4.69) is 87.2 Å². The topological polar surface area (TPSA) is 30.6 Å². The second-order valence-corrected chi connectivity index (χ2v) is 10.6. The van der Waals surface area contributed by atoms with E-state index in [0.29, 0.717) is 4.99 Å². The van der Waals surface area contributed by atoms with Crippen LogP contribution in [0, 0.1) is 0 Å². The van der Waals surface area contributed by atoms with Gasteiger partial charge in [-0.1, -0.05) is 91.1 Å². The van der Waals surface area contributed by atoms with Crippen molar-refractivity contribution in [1.29, 1.82) is 0 Å². The molecule has 0 atom stereocenters. The second-order valence-electron chi connectivity index (χ2n) is 10.1. The van der Waals surface area contributed by atoms with Gasteiger partial charge in [0.15, 0.2) is 0 Å². The number of hydrogen-bond acceptors (Lipinski definition) is 2. The van der Waals surface area contributed by atoms with E-state index in [1.54, 1.807) is 0 Å². The largest absolute Gasteiger partial charge is 0.457 e. The number of para-hydroxylation sites is 2. The van der Waals surface area contributed by atoms with Crippen molar-refractivity contribution < 1.29 is 4.74 Å². The van der Waals surface area contributed by atoms with E-state index in [1.165, 1.54) is 28.0 Å². The molecule has 5 heteroatoms. The van der Waals surface area contributed by atoms with Gasteiger partial charge in [-0.3, -0.25) is 4.40 Å². The van der Waals surface area contributed by atoms with Crippen LogP contribution in [0.4, 0.5) is 5.69 Å². The molecule has 0 amide bonds. The van der Waals surface area contributed by atoms with Gasteiger partial charge in [0.1, 0.15) is 22.1 Å². The normalized spacial score (nSPS) is 12.7. The van der Waals surface area contributed by atoms with Crippen LogP contribution in [0.25, 0.3) is 28.0 Å². The van der Waals surface area contributed by atoms with Gasteiger partial charge in [-0.15, -0.1) is 0 Å². The first-order chi connectivity index (χ1) is 19.8. The molecule has 3 heterocycles. The molecule has 0 bridgehead atoms. The minimum Gasteiger partial charge on any atom is -0.457 e. The molecule has 0 saturated carbocycles. The Morgan fingerprint density at radius 3 is 2.08 bits per heavy atom. The number of anilines is 1. The van der Waals surface area contributed by atoms with Crippen LogP contribution in [0.3, 0.4) is 0 Å². The Kier molecular flexibility index (Phi) is 6.42. The molecule has 0 radical (unpaired) electrons. The van der Waals surface area contributed by atoms with Crippen molar-refractivity contribution in [1.82, 2.24) is 8.97 Å². The minimum absolute atomic E-state index is 0.712. The van der Waals surface area contributed by atoms with Gasteiger partial charge >= 0.3 is 0 Å².